The van der Waals surface area contributed by atoms with Gasteiger partial charge in [-0.3, -0.25) is 0 Å². The molecule has 0 aromatic heterocycles. The van der Waals surface area contributed by atoms with Crippen LogP contribution in [0.15, 0.2) is 22.8 Å². The second kappa shape index (κ2) is 7.41. The van der Waals surface area contributed by atoms with Gasteiger partial charge in [-0.1, -0.05) is 31.8 Å². The summed E-state index contributed by atoms with van der Waals surface area (Å²) in [4.78, 5) is 0. The van der Waals surface area contributed by atoms with Gasteiger partial charge in [0.2, 0.25) is 0 Å². The summed E-state index contributed by atoms with van der Waals surface area (Å²) < 4.78 is 0. The molecule has 0 aromatic carbocycles. The van der Waals surface area contributed by atoms with Crippen molar-refractivity contribution in [3.05, 3.63) is 22.8 Å². The number of hydrogen-bond acceptors (Lipinski definition) is 1. The molecule has 0 radical (unpaired) electrons. The van der Waals surface area contributed by atoms with Crippen molar-refractivity contribution in [1.29, 1.82) is 5.26 Å². The highest BCUT2D eigenvalue weighted by Crippen LogP contribution is 2.32. The maximum absolute atomic E-state index is 9.40. The molecule has 0 atom stereocenters. The van der Waals surface area contributed by atoms with E-state index >= 15 is 0 Å². The first kappa shape index (κ1) is 13.4. The second-order valence-electron chi connectivity index (χ2n) is 5.67. The van der Waals surface area contributed by atoms with Crippen LogP contribution in [0.5, 0.6) is 0 Å². The van der Waals surface area contributed by atoms with E-state index in [4.69, 9.17) is 0 Å². The molecule has 0 aliphatic heterocycles. The zero-order valence-electron chi connectivity index (χ0n) is 11.5. The molecule has 0 amide bonds. The number of nitrogens with zero attached hydrogens (tertiary/aromatic N) is 1. The Morgan fingerprint density at radius 2 is 1.44 bits per heavy atom. The van der Waals surface area contributed by atoms with Crippen molar-refractivity contribution in [3.8, 4) is 6.07 Å². The van der Waals surface area contributed by atoms with Crippen LogP contribution in [-0.4, -0.2) is 0 Å². The molecule has 0 spiro atoms. The smallest absolute Gasteiger partial charge is 0.0950 e. The first-order chi connectivity index (χ1) is 8.92. The molecule has 0 unspecified atom stereocenters. The van der Waals surface area contributed by atoms with Gasteiger partial charge in [-0.2, -0.15) is 5.26 Å². The van der Waals surface area contributed by atoms with E-state index in [1.54, 1.807) is 0 Å². The molecule has 2 aliphatic carbocycles. The summed E-state index contributed by atoms with van der Waals surface area (Å²) in [5.74, 6) is 0. The molecule has 1 heteroatoms. The number of hydrogen-bond donors (Lipinski definition) is 0. The lowest BCUT2D eigenvalue weighted by atomic mass is 9.86. The molecule has 0 aromatic rings. The monoisotopic (exact) mass is 243 g/mol. The third-order valence-electron chi connectivity index (χ3n) is 4.28. The Kier molecular flexibility index (Phi) is 5.52. The minimum absolute atomic E-state index is 1.02. The Bertz CT molecular complexity index is 368. The molecule has 0 bridgehead atoms. The van der Waals surface area contributed by atoms with Crippen LogP contribution >= 0.6 is 0 Å². The molecule has 1 nitrogen and oxygen atoms in total. The molecule has 2 aliphatic rings. The van der Waals surface area contributed by atoms with Gasteiger partial charge in [0.25, 0.3) is 0 Å². The highest BCUT2D eigenvalue weighted by atomic mass is 14.3. The van der Waals surface area contributed by atoms with Crippen LogP contribution in [0, 0.1) is 11.3 Å². The molecule has 0 heterocycles. The number of nitriles is 1. The van der Waals surface area contributed by atoms with E-state index in [9.17, 15) is 5.26 Å². The Morgan fingerprint density at radius 1 is 0.778 bits per heavy atom. The summed E-state index contributed by atoms with van der Waals surface area (Å²) in [6, 6.07) is 2.49. The van der Waals surface area contributed by atoms with Crippen molar-refractivity contribution in [1.82, 2.24) is 0 Å². The maximum Gasteiger partial charge on any atom is 0.0950 e. The normalized spacial score (nSPS) is 27.2. The second-order valence-corrected chi connectivity index (χ2v) is 5.67. The van der Waals surface area contributed by atoms with Crippen LogP contribution in [0.2, 0.25) is 0 Å². The van der Waals surface area contributed by atoms with Crippen LogP contribution < -0.4 is 0 Å². The van der Waals surface area contributed by atoms with Gasteiger partial charge in [0, 0.05) is 5.57 Å². The average Bonchev–Trinajstić information content (AvgIpc) is 2.30. The van der Waals surface area contributed by atoms with Gasteiger partial charge in [0.15, 0.2) is 0 Å². The van der Waals surface area contributed by atoms with Crippen molar-refractivity contribution in [3.63, 3.8) is 0 Å². The summed E-state index contributed by atoms with van der Waals surface area (Å²) in [5, 5.41) is 9.40. The van der Waals surface area contributed by atoms with Gasteiger partial charge in [0.1, 0.15) is 0 Å². The van der Waals surface area contributed by atoms with Crippen molar-refractivity contribution in [2.45, 2.75) is 77.0 Å². The fourth-order valence-corrected chi connectivity index (χ4v) is 3.20. The Labute approximate surface area is 112 Å². The van der Waals surface area contributed by atoms with Gasteiger partial charge in [-0.25, -0.2) is 0 Å². The van der Waals surface area contributed by atoms with Gasteiger partial charge in [-0.05, 0) is 62.5 Å². The zero-order chi connectivity index (χ0) is 12.6. The van der Waals surface area contributed by atoms with E-state index in [-0.39, 0.29) is 0 Å². The van der Waals surface area contributed by atoms with Crippen LogP contribution in [0.25, 0.3) is 0 Å². The predicted molar refractivity (Wildman–Crippen MR) is 76.1 cm³/mol. The lowest BCUT2D eigenvalue weighted by Crippen LogP contribution is -2.01. The third-order valence-corrected chi connectivity index (χ3v) is 4.28. The summed E-state index contributed by atoms with van der Waals surface area (Å²) in [6.45, 7) is 0. The highest BCUT2D eigenvalue weighted by molar-refractivity contribution is 5.41. The first-order valence-electron chi connectivity index (χ1n) is 7.73. The van der Waals surface area contributed by atoms with E-state index < -0.39 is 0 Å². The zero-order valence-corrected chi connectivity index (χ0v) is 11.5. The SMILES string of the molecule is N#C/C1=C(\C2=CCCCCCC2)CCCCCC1. The lowest BCUT2D eigenvalue weighted by Gasteiger charge is -2.19. The number of rotatable bonds is 1. The van der Waals surface area contributed by atoms with Crippen LogP contribution in [0.1, 0.15) is 77.0 Å². The van der Waals surface area contributed by atoms with Crippen LogP contribution in [-0.2, 0) is 0 Å². The minimum Gasteiger partial charge on any atom is -0.193 e. The topological polar surface area (TPSA) is 23.8 Å². The fraction of sp³-hybridized carbons (Fsp3) is 0.706. The van der Waals surface area contributed by atoms with Crippen molar-refractivity contribution < 1.29 is 0 Å². The molecular weight excluding hydrogens is 218 g/mol. The van der Waals surface area contributed by atoms with Crippen LogP contribution in [0.4, 0.5) is 0 Å². The maximum atomic E-state index is 9.40. The summed E-state index contributed by atoms with van der Waals surface area (Å²) in [7, 11) is 0. The van der Waals surface area contributed by atoms with Gasteiger partial charge < -0.3 is 0 Å². The summed E-state index contributed by atoms with van der Waals surface area (Å²) >= 11 is 0. The molecule has 18 heavy (non-hydrogen) atoms. The van der Waals surface area contributed by atoms with Crippen molar-refractivity contribution in [2.75, 3.05) is 0 Å². The Balaban J connectivity index is 2.21. The summed E-state index contributed by atoms with van der Waals surface area (Å²) in [6.07, 6.45) is 17.6. The van der Waals surface area contributed by atoms with Crippen molar-refractivity contribution in [2.24, 2.45) is 0 Å². The van der Waals surface area contributed by atoms with E-state index in [1.165, 1.54) is 75.4 Å². The van der Waals surface area contributed by atoms with E-state index in [1.807, 2.05) is 0 Å². The molecule has 0 fully saturated rings. The first-order valence-corrected chi connectivity index (χ1v) is 7.73. The molecule has 2 rings (SSSR count). The Hall–Kier alpha value is -1.03. The fourth-order valence-electron chi connectivity index (χ4n) is 3.20. The van der Waals surface area contributed by atoms with Gasteiger partial charge >= 0.3 is 0 Å². The van der Waals surface area contributed by atoms with Crippen LogP contribution in [0.3, 0.4) is 0 Å². The molecule has 0 saturated carbocycles. The third kappa shape index (κ3) is 3.73. The average molecular weight is 243 g/mol. The molecule has 0 N–H and O–H groups in total. The van der Waals surface area contributed by atoms with Gasteiger partial charge in [-0.15, -0.1) is 0 Å². The summed E-state index contributed by atoms with van der Waals surface area (Å²) in [5.41, 5.74) is 4.05. The highest BCUT2D eigenvalue weighted by Gasteiger charge is 2.14. The van der Waals surface area contributed by atoms with E-state index in [0.717, 1.165) is 18.4 Å². The molecule has 98 valence electrons. The standard InChI is InChI=1S/C17H25N/c18-14-16-12-8-4-5-9-13-17(16)15-10-6-2-1-3-7-11-15/h10H,1-9,11-13H2/b15-10?,17-16-. The largest absolute Gasteiger partial charge is 0.193 e. The number of allylic oxidation sites excluding steroid dienone is 4. The lowest BCUT2D eigenvalue weighted by molar-refractivity contribution is 0.600. The molecule has 0 saturated heterocycles. The quantitative estimate of drug-likeness (QED) is 0.601. The van der Waals surface area contributed by atoms with E-state index in [2.05, 4.69) is 12.1 Å². The molecular formula is C17H25N. The van der Waals surface area contributed by atoms with Gasteiger partial charge in [0.05, 0.1) is 6.07 Å². The minimum atomic E-state index is 1.02. The predicted octanol–water partition coefficient (Wildman–Crippen LogP) is 5.44. The van der Waals surface area contributed by atoms with E-state index in [0.29, 0.717) is 0 Å². The van der Waals surface area contributed by atoms with Crippen molar-refractivity contribution >= 4 is 0 Å². The Morgan fingerprint density at radius 3 is 2.22 bits per heavy atom.